The third-order valence-electron chi connectivity index (χ3n) is 5.37. The third-order valence-corrected chi connectivity index (χ3v) is 5.37. The summed E-state index contributed by atoms with van der Waals surface area (Å²) in [6.07, 6.45) is 7.68. The summed E-state index contributed by atoms with van der Waals surface area (Å²) < 4.78 is 7.03. The molecule has 5 nitrogen and oxygen atoms in total. The Morgan fingerprint density at radius 3 is 2.65 bits per heavy atom. The van der Waals surface area contributed by atoms with Crippen LogP contribution in [-0.4, -0.2) is 19.1 Å². The number of nitrogens with zero attached hydrogens (tertiary/aromatic N) is 5. The number of pyridine rings is 2. The number of fused-ring (bicyclic) bond motifs is 7. The van der Waals surface area contributed by atoms with Gasteiger partial charge in [0, 0.05) is 24.2 Å². The molecule has 1 aliphatic heterocycles. The molecule has 5 heterocycles. The predicted molar refractivity (Wildman–Crippen MR) is 100 cm³/mol. The van der Waals surface area contributed by atoms with Gasteiger partial charge in [-0.15, -0.1) is 0 Å². The summed E-state index contributed by atoms with van der Waals surface area (Å²) in [6.45, 7) is 0.840. The van der Waals surface area contributed by atoms with Crippen molar-refractivity contribution in [3.05, 3.63) is 72.8 Å². The standard InChI is InChI=1S/C21H16N5/c1-24-19-17-8-10-23-12-18(17)26(15-5-3-2-4-6-15)21(19)25-13-14-11-22-9-7-16(14)20(24)25/h2-12H,13H2,1H3/q+1. The normalized spacial score (nSPS) is 12.7. The first-order valence-corrected chi connectivity index (χ1v) is 8.70. The Bertz CT molecular complexity index is 1310. The van der Waals surface area contributed by atoms with Gasteiger partial charge in [0.05, 0.1) is 30.7 Å². The lowest BCUT2D eigenvalue weighted by Crippen LogP contribution is -2.33. The van der Waals surface area contributed by atoms with E-state index < -0.39 is 0 Å². The topological polar surface area (TPSA) is 39.5 Å². The highest BCUT2D eigenvalue weighted by Gasteiger charge is 2.35. The lowest BCUT2D eigenvalue weighted by molar-refractivity contribution is -0.648. The van der Waals surface area contributed by atoms with E-state index in [2.05, 4.69) is 73.2 Å². The van der Waals surface area contributed by atoms with Crippen molar-refractivity contribution in [3.63, 3.8) is 0 Å². The van der Waals surface area contributed by atoms with E-state index in [4.69, 9.17) is 0 Å². The molecule has 1 aromatic carbocycles. The highest BCUT2D eigenvalue weighted by atomic mass is 15.2. The van der Waals surface area contributed by atoms with Gasteiger partial charge in [-0.2, -0.15) is 0 Å². The monoisotopic (exact) mass is 338 g/mol. The van der Waals surface area contributed by atoms with Crippen molar-refractivity contribution < 1.29 is 4.57 Å². The van der Waals surface area contributed by atoms with Gasteiger partial charge < -0.3 is 0 Å². The quantitative estimate of drug-likeness (QED) is 0.432. The number of aryl methyl sites for hydroxylation is 1. The number of hydrogen-bond acceptors (Lipinski definition) is 2. The molecule has 0 aliphatic carbocycles. The minimum Gasteiger partial charge on any atom is -0.264 e. The van der Waals surface area contributed by atoms with E-state index in [1.165, 1.54) is 33.5 Å². The van der Waals surface area contributed by atoms with Gasteiger partial charge in [0.15, 0.2) is 5.52 Å². The average Bonchev–Trinajstić information content (AvgIpc) is 3.31. The van der Waals surface area contributed by atoms with Crippen LogP contribution < -0.4 is 4.57 Å². The molecular weight excluding hydrogens is 322 g/mol. The van der Waals surface area contributed by atoms with E-state index in [9.17, 15) is 0 Å². The average molecular weight is 338 g/mol. The number of aromatic nitrogens is 5. The molecule has 26 heavy (non-hydrogen) atoms. The molecule has 5 aromatic rings. The molecule has 0 bridgehead atoms. The van der Waals surface area contributed by atoms with E-state index in [1.54, 1.807) is 0 Å². The van der Waals surface area contributed by atoms with Gasteiger partial charge in [-0.3, -0.25) is 14.5 Å². The summed E-state index contributed by atoms with van der Waals surface area (Å²) in [5.74, 6) is 1.23. The van der Waals surface area contributed by atoms with Crippen LogP contribution in [0.3, 0.4) is 0 Å². The number of para-hydroxylation sites is 1. The highest BCUT2D eigenvalue weighted by molar-refractivity contribution is 6.05. The first-order valence-electron chi connectivity index (χ1n) is 8.70. The molecule has 0 unspecified atom stereocenters. The Morgan fingerprint density at radius 1 is 0.962 bits per heavy atom. The largest absolute Gasteiger partial charge is 0.275 e. The van der Waals surface area contributed by atoms with Crippen LogP contribution in [0.25, 0.3) is 39.1 Å². The summed E-state index contributed by atoms with van der Waals surface area (Å²) in [5, 5.41) is 1.22. The molecule has 0 fully saturated rings. The maximum atomic E-state index is 4.39. The Hall–Kier alpha value is -3.47. The van der Waals surface area contributed by atoms with Gasteiger partial charge in [-0.05, 0) is 24.3 Å². The Kier molecular flexibility index (Phi) is 2.54. The van der Waals surface area contributed by atoms with Crippen molar-refractivity contribution >= 4 is 22.1 Å². The summed E-state index contributed by atoms with van der Waals surface area (Å²) in [5.41, 5.74) is 7.25. The molecule has 4 aromatic heterocycles. The Morgan fingerprint density at radius 2 is 1.77 bits per heavy atom. The third kappa shape index (κ3) is 1.57. The molecule has 5 heteroatoms. The second kappa shape index (κ2) is 4.79. The first-order chi connectivity index (χ1) is 12.8. The minimum absolute atomic E-state index is 0.840. The van der Waals surface area contributed by atoms with Gasteiger partial charge in [-0.25, -0.2) is 9.13 Å². The van der Waals surface area contributed by atoms with Gasteiger partial charge in [0.25, 0.3) is 5.65 Å². The van der Waals surface area contributed by atoms with Crippen LogP contribution in [0.2, 0.25) is 0 Å². The zero-order valence-corrected chi connectivity index (χ0v) is 14.3. The molecule has 0 N–H and O–H groups in total. The van der Waals surface area contributed by atoms with Crippen LogP contribution in [0.15, 0.2) is 67.3 Å². The van der Waals surface area contributed by atoms with E-state index in [0.717, 1.165) is 17.7 Å². The van der Waals surface area contributed by atoms with Crippen molar-refractivity contribution in [2.75, 3.05) is 0 Å². The summed E-state index contributed by atoms with van der Waals surface area (Å²) in [4.78, 5) is 8.70. The fourth-order valence-electron chi connectivity index (χ4n) is 4.33. The van der Waals surface area contributed by atoms with Crippen LogP contribution in [0, 0.1) is 0 Å². The number of rotatable bonds is 1. The molecule has 0 radical (unpaired) electrons. The molecule has 0 amide bonds. The fraction of sp³-hybridized carbons (Fsp3) is 0.0952. The van der Waals surface area contributed by atoms with Gasteiger partial charge >= 0.3 is 0 Å². The second-order valence-corrected chi connectivity index (χ2v) is 6.74. The zero-order chi connectivity index (χ0) is 17.3. The van der Waals surface area contributed by atoms with E-state index in [0.29, 0.717) is 0 Å². The van der Waals surface area contributed by atoms with Gasteiger partial charge in [0.1, 0.15) is 11.2 Å². The SMILES string of the molecule is Cn1c2[n+](c3c1c1ccncc1n3-c1ccccc1)Cc1cnccc1-2. The Balaban J connectivity index is 1.83. The van der Waals surface area contributed by atoms with Crippen LogP contribution in [0.5, 0.6) is 0 Å². The van der Waals surface area contributed by atoms with E-state index in [1.807, 2.05) is 24.8 Å². The van der Waals surface area contributed by atoms with Crippen LogP contribution in [-0.2, 0) is 13.6 Å². The van der Waals surface area contributed by atoms with Crippen LogP contribution in [0.4, 0.5) is 0 Å². The van der Waals surface area contributed by atoms with Crippen molar-refractivity contribution in [1.82, 2.24) is 19.1 Å². The molecule has 0 spiro atoms. The summed E-state index contributed by atoms with van der Waals surface area (Å²) in [6, 6.07) is 14.7. The van der Waals surface area contributed by atoms with Crippen LogP contribution in [0.1, 0.15) is 5.56 Å². The second-order valence-electron chi connectivity index (χ2n) is 6.74. The summed E-state index contributed by atoms with van der Waals surface area (Å²) >= 11 is 0. The molecule has 0 saturated carbocycles. The minimum atomic E-state index is 0.840. The van der Waals surface area contributed by atoms with E-state index in [-0.39, 0.29) is 0 Å². The van der Waals surface area contributed by atoms with Crippen molar-refractivity contribution in [3.8, 4) is 17.1 Å². The van der Waals surface area contributed by atoms with Crippen LogP contribution >= 0.6 is 0 Å². The molecular formula is C21H16N5+. The van der Waals surface area contributed by atoms with Gasteiger partial charge in [0.2, 0.25) is 5.82 Å². The number of benzene rings is 1. The van der Waals surface area contributed by atoms with Crippen molar-refractivity contribution in [2.45, 2.75) is 6.54 Å². The summed E-state index contributed by atoms with van der Waals surface area (Å²) in [7, 11) is 2.15. The maximum Gasteiger partial charge on any atom is 0.275 e. The Labute approximate surface area is 149 Å². The molecule has 1 aliphatic rings. The predicted octanol–water partition coefficient (Wildman–Crippen LogP) is 3.23. The van der Waals surface area contributed by atoms with Crippen molar-refractivity contribution in [1.29, 1.82) is 0 Å². The smallest absolute Gasteiger partial charge is 0.264 e. The molecule has 124 valence electrons. The maximum absolute atomic E-state index is 4.39. The molecule has 0 saturated heterocycles. The zero-order valence-electron chi connectivity index (χ0n) is 14.3. The fourth-order valence-corrected chi connectivity index (χ4v) is 4.33. The van der Waals surface area contributed by atoms with Crippen molar-refractivity contribution in [2.24, 2.45) is 7.05 Å². The highest BCUT2D eigenvalue weighted by Crippen LogP contribution is 2.36. The first kappa shape index (κ1) is 13.8. The number of imidazole rings is 1. The lowest BCUT2D eigenvalue weighted by atomic mass is 10.2. The molecule has 0 atom stereocenters. The lowest BCUT2D eigenvalue weighted by Gasteiger charge is -2.02. The number of hydrogen-bond donors (Lipinski definition) is 0. The van der Waals surface area contributed by atoms with Gasteiger partial charge in [-0.1, -0.05) is 18.2 Å². The molecule has 6 rings (SSSR count). The van der Waals surface area contributed by atoms with E-state index >= 15 is 0 Å².